The van der Waals surface area contributed by atoms with Crippen molar-refractivity contribution < 1.29 is 28.0 Å². The van der Waals surface area contributed by atoms with Crippen molar-refractivity contribution in [3.05, 3.63) is 0 Å². The first kappa shape index (κ1) is 22.0. The van der Waals surface area contributed by atoms with Crippen LogP contribution in [0.2, 0.25) is 0 Å². The number of esters is 1. The monoisotopic (exact) mass is 398 g/mol. The lowest BCUT2D eigenvalue weighted by atomic mass is 10.1. The van der Waals surface area contributed by atoms with E-state index < -0.39 is 5.79 Å². The Bertz CT molecular complexity index is 515. The average molecular weight is 399 g/mol. The molecule has 0 amide bonds. The number of carbonyl (C=O) groups is 1. The Morgan fingerprint density at radius 1 is 1.00 bits per heavy atom. The Kier molecular flexibility index (Phi) is 7.40. The molecule has 3 rings (SSSR count). The lowest BCUT2D eigenvalue weighted by Crippen LogP contribution is -2.52. The van der Waals surface area contributed by atoms with Gasteiger partial charge in [0.2, 0.25) is 0 Å². The van der Waals surface area contributed by atoms with Gasteiger partial charge in [-0.1, -0.05) is 0 Å². The molecule has 0 N–H and O–H groups in total. The number of hydrogen-bond donors (Lipinski definition) is 0. The van der Waals surface area contributed by atoms with Crippen molar-refractivity contribution >= 4 is 5.97 Å². The second kappa shape index (κ2) is 9.41. The van der Waals surface area contributed by atoms with Gasteiger partial charge in [-0.25, -0.2) is 0 Å². The van der Waals surface area contributed by atoms with Crippen molar-refractivity contribution in [2.45, 2.75) is 70.2 Å². The normalized spacial score (nSPS) is 32.2. The van der Waals surface area contributed by atoms with Crippen LogP contribution in [0.5, 0.6) is 0 Å². The maximum atomic E-state index is 12.2. The van der Waals surface area contributed by atoms with E-state index in [2.05, 4.69) is 14.1 Å². The summed E-state index contributed by atoms with van der Waals surface area (Å²) in [6.07, 6.45) is 8.95. The third kappa shape index (κ3) is 6.41. The molecule has 0 saturated carbocycles. The summed E-state index contributed by atoms with van der Waals surface area (Å²) in [6, 6.07) is 0. The quantitative estimate of drug-likeness (QED) is 0.466. The number of likely N-dealkylation sites (tertiary alicyclic amines) is 2. The van der Waals surface area contributed by atoms with E-state index in [1.165, 1.54) is 64.7 Å². The first-order valence-electron chi connectivity index (χ1n) is 11.4. The van der Waals surface area contributed by atoms with Crippen molar-refractivity contribution in [1.82, 2.24) is 0 Å². The van der Waals surface area contributed by atoms with E-state index in [4.69, 9.17) is 14.2 Å². The van der Waals surface area contributed by atoms with Gasteiger partial charge in [-0.15, -0.1) is 0 Å². The van der Waals surface area contributed by atoms with Crippen molar-refractivity contribution in [2.75, 3.05) is 66.6 Å². The molecule has 6 nitrogen and oxygen atoms in total. The number of hydrogen-bond acceptors (Lipinski definition) is 4. The topological polar surface area (TPSA) is 44.8 Å². The zero-order chi connectivity index (χ0) is 20.1. The second-order valence-electron chi connectivity index (χ2n) is 10.1. The molecule has 28 heavy (non-hydrogen) atoms. The molecule has 2 unspecified atom stereocenters. The molecule has 162 valence electrons. The van der Waals surface area contributed by atoms with E-state index in [9.17, 15) is 4.79 Å². The van der Waals surface area contributed by atoms with Gasteiger partial charge in [0, 0.05) is 6.42 Å². The van der Waals surface area contributed by atoms with Crippen molar-refractivity contribution in [3.8, 4) is 0 Å². The van der Waals surface area contributed by atoms with Crippen LogP contribution < -0.4 is 0 Å². The fourth-order valence-electron chi connectivity index (χ4n) is 5.14. The molecular weight excluding hydrogens is 356 g/mol. The standard InChI is InChI=1S/C22H42N2O4/c1-22(27-19-20(28-22)18-24(3)14-8-5-9-15-24)11-10-21(25)26-17-16-23(2)12-6-4-7-13-23/h20H,4-19H2,1-3H3/q+2. The highest BCUT2D eigenvalue weighted by Crippen LogP contribution is 2.30. The number of quaternary nitrogens is 2. The number of rotatable bonds is 8. The van der Waals surface area contributed by atoms with E-state index in [0.717, 1.165) is 22.1 Å². The molecular formula is C22H42N2O4+2. The number of ether oxygens (including phenoxy) is 3. The summed E-state index contributed by atoms with van der Waals surface area (Å²) in [5.41, 5.74) is 0. The Hall–Kier alpha value is -0.690. The lowest BCUT2D eigenvalue weighted by molar-refractivity contribution is -0.916. The summed E-state index contributed by atoms with van der Waals surface area (Å²) in [7, 11) is 4.61. The Morgan fingerprint density at radius 3 is 2.25 bits per heavy atom. The van der Waals surface area contributed by atoms with Crippen LogP contribution in [0.25, 0.3) is 0 Å². The van der Waals surface area contributed by atoms with Gasteiger partial charge in [0.15, 0.2) is 5.79 Å². The van der Waals surface area contributed by atoms with E-state index >= 15 is 0 Å². The number of likely N-dealkylation sites (N-methyl/N-ethyl adjacent to an activating group) is 2. The van der Waals surface area contributed by atoms with Crippen LogP contribution in [-0.4, -0.2) is 93.4 Å². The smallest absolute Gasteiger partial charge is 0.306 e. The largest absolute Gasteiger partial charge is 0.460 e. The Labute approximate surface area is 171 Å². The molecule has 3 saturated heterocycles. The van der Waals surface area contributed by atoms with Gasteiger partial charge in [-0.3, -0.25) is 4.79 Å². The van der Waals surface area contributed by atoms with Crippen LogP contribution in [0, 0.1) is 0 Å². The summed E-state index contributed by atoms with van der Waals surface area (Å²) in [6.45, 7) is 9.94. The second-order valence-corrected chi connectivity index (χ2v) is 10.1. The van der Waals surface area contributed by atoms with Crippen molar-refractivity contribution in [3.63, 3.8) is 0 Å². The minimum absolute atomic E-state index is 0.129. The van der Waals surface area contributed by atoms with Gasteiger partial charge in [-0.2, -0.15) is 0 Å². The molecule has 0 radical (unpaired) electrons. The highest BCUT2D eigenvalue weighted by Gasteiger charge is 2.41. The summed E-state index contributed by atoms with van der Waals surface area (Å²) in [5.74, 6) is -0.778. The Balaban J connectivity index is 1.34. The average Bonchev–Trinajstić information content (AvgIpc) is 3.01. The van der Waals surface area contributed by atoms with Crippen molar-refractivity contribution in [1.29, 1.82) is 0 Å². The summed E-state index contributed by atoms with van der Waals surface area (Å²) < 4.78 is 19.8. The molecule has 3 heterocycles. The van der Waals surface area contributed by atoms with Crippen LogP contribution in [0.1, 0.15) is 58.3 Å². The highest BCUT2D eigenvalue weighted by atomic mass is 16.7. The van der Waals surface area contributed by atoms with Gasteiger partial charge < -0.3 is 23.2 Å². The molecule has 0 aromatic rings. The minimum Gasteiger partial charge on any atom is -0.460 e. The van der Waals surface area contributed by atoms with E-state index in [-0.39, 0.29) is 12.1 Å². The lowest BCUT2D eigenvalue weighted by Gasteiger charge is -2.39. The molecule has 0 aromatic heterocycles. The van der Waals surface area contributed by atoms with E-state index in [1.807, 2.05) is 6.92 Å². The zero-order valence-electron chi connectivity index (χ0n) is 18.4. The molecule has 0 bridgehead atoms. The predicted molar refractivity (Wildman–Crippen MR) is 109 cm³/mol. The third-order valence-electron chi connectivity index (χ3n) is 7.10. The highest BCUT2D eigenvalue weighted by molar-refractivity contribution is 5.69. The molecule has 0 spiro atoms. The number of carbonyl (C=O) groups excluding carboxylic acids is 1. The van der Waals surface area contributed by atoms with E-state index in [0.29, 0.717) is 26.1 Å². The molecule has 0 aromatic carbocycles. The predicted octanol–water partition coefficient (Wildman–Crippen LogP) is 2.70. The van der Waals surface area contributed by atoms with Gasteiger partial charge in [0.1, 0.15) is 25.8 Å². The molecule has 2 atom stereocenters. The first-order valence-corrected chi connectivity index (χ1v) is 11.4. The van der Waals surface area contributed by atoms with Gasteiger partial charge in [-0.05, 0) is 45.4 Å². The molecule has 6 heteroatoms. The fraction of sp³-hybridized carbons (Fsp3) is 0.955. The molecule has 3 aliphatic heterocycles. The van der Waals surface area contributed by atoms with Gasteiger partial charge >= 0.3 is 5.97 Å². The summed E-state index contributed by atoms with van der Waals surface area (Å²) >= 11 is 0. The van der Waals surface area contributed by atoms with Gasteiger partial charge in [0.05, 0.1) is 53.3 Å². The maximum absolute atomic E-state index is 12.2. The Morgan fingerprint density at radius 2 is 1.61 bits per heavy atom. The fourth-order valence-corrected chi connectivity index (χ4v) is 5.14. The number of nitrogens with zero attached hydrogens (tertiary/aromatic N) is 2. The van der Waals surface area contributed by atoms with Crippen molar-refractivity contribution in [2.24, 2.45) is 0 Å². The maximum Gasteiger partial charge on any atom is 0.306 e. The van der Waals surface area contributed by atoms with Gasteiger partial charge in [0.25, 0.3) is 0 Å². The molecule has 3 aliphatic rings. The van der Waals surface area contributed by atoms with Crippen LogP contribution in [0.3, 0.4) is 0 Å². The summed E-state index contributed by atoms with van der Waals surface area (Å²) in [5, 5.41) is 0. The molecule has 0 aliphatic carbocycles. The minimum atomic E-state index is -0.649. The SMILES string of the molecule is CC1(CCC(=O)OCC[N+]2(C)CCCCC2)OCC(C[N+]2(C)CCCCC2)O1. The third-order valence-corrected chi connectivity index (χ3v) is 7.10. The number of piperidine rings is 2. The van der Waals surface area contributed by atoms with Crippen LogP contribution in [0.15, 0.2) is 0 Å². The first-order chi connectivity index (χ1) is 13.3. The van der Waals surface area contributed by atoms with E-state index in [1.54, 1.807) is 0 Å². The van der Waals surface area contributed by atoms with Crippen LogP contribution in [-0.2, 0) is 19.0 Å². The zero-order valence-corrected chi connectivity index (χ0v) is 18.4. The summed E-state index contributed by atoms with van der Waals surface area (Å²) in [4.78, 5) is 12.2. The molecule has 3 fully saturated rings. The van der Waals surface area contributed by atoms with Crippen LogP contribution in [0.4, 0.5) is 0 Å². The van der Waals surface area contributed by atoms with Crippen LogP contribution >= 0.6 is 0 Å².